The van der Waals surface area contributed by atoms with Gasteiger partial charge in [-0.1, -0.05) is 12.1 Å². The lowest BCUT2D eigenvalue weighted by molar-refractivity contribution is 0.813. The van der Waals surface area contributed by atoms with Crippen LogP contribution >= 0.6 is 35.3 Å². The van der Waals surface area contributed by atoms with Gasteiger partial charge >= 0.3 is 0 Å². The number of halogens is 1. The Morgan fingerprint density at radius 3 is 2.41 bits per heavy atom. The number of hydrogen-bond acceptors (Lipinski definition) is 3. The van der Waals surface area contributed by atoms with E-state index in [2.05, 4.69) is 40.1 Å². The fourth-order valence-electron chi connectivity index (χ4n) is 1.85. The summed E-state index contributed by atoms with van der Waals surface area (Å²) in [4.78, 5) is 5.53. The molecule has 0 aliphatic carbocycles. The Morgan fingerprint density at radius 2 is 1.86 bits per heavy atom. The summed E-state index contributed by atoms with van der Waals surface area (Å²) < 4.78 is 0. The van der Waals surface area contributed by atoms with Crippen LogP contribution < -0.4 is 10.6 Å². The first-order valence-corrected chi connectivity index (χ1v) is 7.57. The zero-order valence-corrected chi connectivity index (χ0v) is 15.7. The molecule has 1 heterocycles. The number of rotatable bonds is 4. The van der Waals surface area contributed by atoms with Crippen LogP contribution in [-0.4, -0.2) is 13.0 Å². The van der Waals surface area contributed by atoms with E-state index in [0.29, 0.717) is 12.1 Å². The molecule has 0 saturated carbocycles. The van der Waals surface area contributed by atoms with E-state index >= 15 is 0 Å². The van der Waals surface area contributed by atoms with Crippen molar-refractivity contribution in [3.8, 4) is 6.07 Å². The highest BCUT2D eigenvalue weighted by atomic mass is 127. The summed E-state index contributed by atoms with van der Waals surface area (Å²) in [5, 5.41) is 17.4. The van der Waals surface area contributed by atoms with E-state index < -0.39 is 0 Å². The summed E-state index contributed by atoms with van der Waals surface area (Å²) in [5.74, 6) is 0.771. The molecule has 0 fully saturated rings. The van der Waals surface area contributed by atoms with E-state index in [4.69, 9.17) is 5.26 Å². The van der Waals surface area contributed by atoms with Crippen molar-refractivity contribution < 1.29 is 0 Å². The summed E-state index contributed by atoms with van der Waals surface area (Å²) in [5.41, 5.74) is 3.09. The molecule has 0 unspecified atom stereocenters. The number of nitriles is 1. The predicted octanol–water partition coefficient (Wildman–Crippen LogP) is 3.41. The van der Waals surface area contributed by atoms with E-state index in [1.165, 1.54) is 10.4 Å². The van der Waals surface area contributed by atoms with E-state index in [-0.39, 0.29) is 24.0 Å². The molecule has 1 aromatic heterocycles. The molecule has 2 rings (SSSR count). The van der Waals surface area contributed by atoms with Gasteiger partial charge in [0.1, 0.15) is 0 Å². The summed E-state index contributed by atoms with van der Waals surface area (Å²) in [6, 6.07) is 11.8. The largest absolute Gasteiger partial charge is 0.352 e. The van der Waals surface area contributed by atoms with Gasteiger partial charge in [0, 0.05) is 18.5 Å². The van der Waals surface area contributed by atoms with Gasteiger partial charge in [0.05, 0.1) is 18.2 Å². The molecule has 6 heteroatoms. The smallest absolute Gasteiger partial charge is 0.191 e. The number of benzene rings is 1. The fraction of sp³-hybridized carbons (Fsp3) is 0.250. The van der Waals surface area contributed by atoms with Gasteiger partial charge in [-0.3, -0.25) is 4.99 Å². The normalized spacial score (nSPS) is 10.5. The molecule has 0 atom stereocenters. The summed E-state index contributed by atoms with van der Waals surface area (Å²) in [6.07, 6.45) is 0. The lowest BCUT2D eigenvalue weighted by Crippen LogP contribution is -2.36. The molecule has 4 nitrogen and oxygen atoms in total. The summed E-state index contributed by atoms with van der Waals surface area (Å²) >= 11 is 1.74. The van der Waals surface area contributed by atoms with Gasteiger partial charge in [-0.05, 0) is 41.6 Å². The second kappa shape index (κ2) is 9.43. The van der Waals surface area contributed by atoms with E-state index in [1.54, 1.807) is 18.4 Å². The van der Waals surface area contributed by atoms with Crippen molar-refractivity contribution >= 4 is 41.3 Å². The molecule has 2 N–H and O–H groups in total. The van der Waals surface area contributed by atoms with Crippen molar-refractivity contribution in [2.24, 2.45) is 4.99 Å². The average molecular weight is 426 g/mol. The third kappa shape index (κ3) is 5.31. The quantitative estimate of drug-likeness (QED) is 0.448. The molecule has 0 bridgehead atoms. The maximum atomic E-state index is 8.77. The van der Waals surface area contributed by atoms with Crippen molar-refractivity contribution in [2.75, 3.05) is 7.05 Å². The molecule has 2 aromatic rings. The van der Waals surface area contributed by atoms with Crippen molar-refractivity contribution in [2.45, 2.75) is 20.0 Å². The number of nitrogens with one attached hydrogen (secondary N) is 2. The van der Waals surface area contributed by atoms with E-state index in [0.717, 1.165) is 18.1 Å². The molecule has 1 aromatic carbocycles. The third-order valence-corrected chi connectivity index (χ3v) is 4.17. The molecule has 0 aliphatic rings. The van der Waals surface area contributed by atoms with E-state index in [9.17, 15) is 0 Å². The number of nitrogens with zero attached hydrogens (tertiary/aromatic N) is 2. The predicted molar refractivity (Wildman–Crippen MR) is 103 cm³/mol. The zero-order valence-electron chi connectivity index (χ0n) is 12.6. The Labute approximate surface area is 152 Å². The highest BCUT2D eigenvalue weighted by Gasteiger charge is 2.02. The zero-order chi connectivity index (χ0) is 15.1. The minimum atomic E-state index is 0. The Balaban J connectivity index is 0.00000242. The Hall–Kier alpha value is -1.59. The second-order valence-corrected chi connectivity index (χ2v) is 5.62. The standard InChI is InChI=1S/C16H18N4S.HI/c1-12-7-8-21-15(12)11-20-16(18-2)19-10-14-5-3-13(9-17)4-6-14;/h3-8H,10-11H2,1-2H3,(H2,18,19,20);1H. The van der Waals surface area contributed by atoms with Crippen LogP contribution in [0.3, 0.4) is 0 Å². The minimum Gasteiger partial charge on any atom is -0.352 e. The number of hydrogen-bond donors (Lipinski definition) is 2. The first kappa shape index (κ1) is 18.5. The first-order chi connectivity index (χ1) is 10.2. The van der Waals surface area contributed by atoms with Crippen LogP contribution in [0.5, 0.6) is 0 Å². The van der Waals surface area contributed by atoms with Gasteiger partial charge in [0.15, 0.2) is 5.96 Å². The maximum absolute atomic E-state index is 8.77. The van der Waals surface area contributed by atoms with Crippen LogP contribution in [0.15, 0.2) is 40.7 Å². The van der Waals surface area contributed by atoms with Gasteiger partial charge in [0.25, 0.3) is 0 Å². The molecule has 0 spiro atoms. The molecule has 0 saturated heterocycles. The minimum absolute atomic E-state index is 0. The topological polar surface area (TPSA) is 60.2 Å². The van der Waals surface area contributed by atoms with Crippen LogP contribution in [0.4, 0.5) is 0 Å². The summed E-state index contributed by atoms with van der Waals surface area (Å²) in [7, 11) is 1.76. The number of aryl methyl sites for hydroxylation is 1. The highest BCUT2D eigenvalue weighted by Crippen LogP contribution is 2.14. The monoisotopic (exact) mass is 426 g/mol. The van der Waals surface area contributed by atoms with Crippen molar-refractivity contribution in [3.05, 3.63) is 57.3 Å². The maximum Gasteiger partial charge on any atom is 0.191 e. The molecule has 116 valence electrons. The lowest BCUT2D eigenvalue weighted by atomic mass is 10.1. The third-order valence-electron chi connectivity index (χ3n) is 3.15. The van der Waals surface area contributed by atoms with Crippen LogP contribution in [0.2, 0.25) is 0 Å². The van der Waals surface area contributed by atoms with Gasteiger partial charge in [-0.15, -0.1) is 35.3 Å². The first-order valence-electron chi connectivity index (χ1n) is 6.69. The summed E-state index contributed by atoms with van der Waals surface area (Å²) in [6.45, 7) is 3.56. The fourth-order valence-corrected chi connectivity index (χ4v) is 2.70. The van der Waals surface area contributed by atoms with E-state index in [1.807, 2.05) is 24.3 Å². The lowest BCUT2D eigenvalue weighted by Gasteiger charge is -2.11. The van der Waals surface area contributed by atoms with Crippen molar-refractivity contribution in [1.82, 2.24) is 10.6 Å². The van der Waals surface area contributed by atoms with Gasteiger partial charge in [0.2, 0.25) is 0 Å². The van der Waals surface area contributed by atoms with Gasteiger partial charge < -0.3 is 10.6 Å². The van der Waals surface area contributed by atoms with Crippen molar-refractivity contribution in [3.63, 3.8) is 0 Å². The van der Waals surface area contributed by atoms with Gasteiger partial charge in [-0.25, -0.2) is 0 Å². The molecule has 0 aliphatic heterocycles. The Kier molecular flexibility index (Phi) is 7.91. The SMILES string of the molecule is CN=C(NCc1ccc(C#N)cc1)NCc1sccc1C.I. The number of thiophene rings is 1. The van der Waals surface area contributed by atoms with Gasteiger partial charge in [-0.2, -0.15) is 5.26 Å². The molecule has 22 heavy (non-hydrogen) atoms. The Morgan fingerprint density at radius 1 is 1.18 bits per heavy atom. The highest BCUT2D eigenvalue weighted by molar-refractivity contribution is 14.0. The molecule has 0 amide bonds. The molecular weight excluding hydrogens is 407 g/mol. The Bertz CT molecular complexity index is 656. The van der Waals surface area contributed by atoms with Crippen LogP contribution in [0, 0.1) is 18.3 Å². The van der Waals surface area contributed by atoms with Crippen LogP contribution in [0.1, 0.15) is 21.6 Å². The average Bonchev–Trinajstić information content (AvgIpc) is 2.93. The van der Waals surface area contributed by atoms with Crippen molar-refractivity contribution in [1.29, 1.82) is 5.26 Å². The van der Waals surface area contributed by atoms with Crippen LogP contribution in [0.25, 0.3) is 0 Å². The molecular formula is C16H19IN4S. The number of guanidine groups is 1. The molecule has 0 radical (unpaired) electrons. The second-order valence-electron chi connectivity index (χ2n) is 4.61. The van der Waals surface area contributed by atoms with Crippen LogP contribution in [-0.2, 0) is 13.1 Å². The number of aliphatic imine (C=N–C) groups is 1.